The molecule has 0 saturated heterocycles. The first kappa shape index (κ1) is 73.6. The van der Waals surface area contributed by atoms with Crippen molar-refractivity contribution in [2.75, 3.05) is 13.2 Å². The molecule has 0 aromatic rings. The molecule has 6 heteroatoms. The maximum Gasteiger partial charge on any atom is 0.306 e. The molecule has 0 saturated carbocycles. The summed E-state index contributed by atoms with van der Waals surface area (Å²) in [5.74, 6) is -0.865. The molecule has 0 radical (unpaired) electrons. The minimum atomic E-state index is -0.776. The third-order valence-electron chi connectivity index (χ3n) is 15.3. The van der Waals surface area contributed by atoms with Crippen molar-refractivity contribution in [1.82, 2.24) is 0 Å². The van der Waals surface area contributed by atoms with Crippen molar-refractivity contribution >= 4 is 17.9 Å². The maximum atomic E-state index is 12.9. The second-order valence-electron chi connectivity index (χ2n) is 23.1. The first-order valence-electron chi connectivity index (χ1n) is 34.0. The molecule has 0 aliphatic carbocycles. The molecule has 0 amide bonds. The second-order valence-corrected chi connectivity index (χ2v) is 23.1. The topological polar surface area (TPSA) is 78.9 Å². The van der Waals surface area contributed by atoms with Crippen LogP contribution in [0.3, 0.4) is 0 Å². The fraction of sp³-hybridized carbons (Fsp3) is 0.871. The van der Waals surface area contributed by atoms with E-state index in [9.17, 15) is 14.4 Å². The van der Waals surface area contributed by atoms with Crippen LogP contribution in [0.1, 0.15) is 374 Å². The molecular weight excluding hydrogens is 937 g/mol. The van der Waals surface area contributed by atoms with Crippen molar-refractivity contribution in [1.29, 1.82) is 0 Å². The zero-order valence-electron chi connectivity index (χ0n) is 51.3. The van der Waals surface area contributed by atoms with Gasteiger partial charge in [0.25, 0.3) is 0 Å². The largest absolute Gasteiger partial charge is 0.462 e. The van der Waals surface area contributed by atoms with Gasteiger partial charge in [0.05, 0.1) is 0 Å². The van der Waals surface area contributed by atoms with E-state index >= 15 is 0 Å². The Kier molecular flexibility index (Phi) is 63.1. The van der Waals surface area contributed by atoms with Gasteiger partial charge in [-0.15, -0.1) is 0 Å². The van der Waals surface area contributed by atoms with Crippen molar-refractivity contribution in [2.45, 2.75) is 380 Å². The summed E-state index contributed by atoms with van der Waals surface area (Å²) < 4.78 is 16.9. The first-order valence-corrected chi connectivity index (χ1v) is 34.0. The van der Waals surface area contributed by atoms with Crippen molar-refractivity contribution in [2.24, 2.45) is 0 Å². The molecule has 446 valence electrons. The lowest BCUT2D eigenvalue weighted by molar-refractivity contribution is -0.167. The Bertz CT molecular complexity index is 1270. The Balaban J connectivity index is 4.15. The third-order valence-corrected chi connectivity index (χ3v) is 15.3. The van der Waals surface area contributed by atoms with E-state index in [1.165, 1.54) is 257 Å². The lowest BCUT2D eigenvalue weighted by Gasteiger charge is -2.18. The Hall–Kier alpha value is -2.37. The van der Waals surface area contributed by atoms with Gasteiger partial charge in [-0.25, -0.2) is 0 Å². The van der Waals surface area contributed by atoms with Crippen LogP contribution in [0.25, 0.3) is 0 Å². The van der Waals surface area contributed by atoms with E-state index in [1.807, 2.05) is 0 Å². The average Bonchev–Trinajstić information content (AvgIpc) is 3.42. The van der Waals surface area contributed by atoms with Crippen LogP contribution in [0, 0.1) is 0 Å². The summed E-state index contributed by atoms with van der Waals surface area (Å²) in [5.41, 5.74) is 0. The van der Waals surface area contributed by atoms with Crippen LogP contribution in [0.4, 0.5) is 0 Å². The fourth-order valence-electron chi connectivity index (χ4n) is 10.2. The molecule has 6 nitrogen and oxygen atoms in total. The number of hydrogen-bond acceptors (Lipinski definition) is 6. The van der Waals surface area contributed by atoms with Crippen LogP contribution in [0.5, 0.6) is 0 Å². The van der Waals surface area contributed by atoms with E-state index in [-0.39, 0.29) is 31.1 Å². The Morgan fingerprint density at radius 3 is 0.789 bits per heavy atom. The van der Waals surface area contributed by atoms with Crippen molar-refractivity contribution in [3.05, 3.63) is 36.5 Å². The first-order chi connectivity index (χ1) is 37.5. The SMILES string of the molecule is CCC/C=C\CCCCCCCC(=O)OCC(COC(=O)CCCCCCCCCCCCCCCCCCCCCCCCCCCCC)OC(=O)CCCCCCCCCCC/C=C\C/C=C\CCCCCCC. The smallest absolute Gasteiger partial charge is 0.306 e. The van der Waals surface area contributed by atoms with Gasteiger partial charge in [0.2, 0.25) is 0 Å². The highest BCUT2D eigenvalue weighted by molar-refractivity contribution is 5.71. The van der Waals surface area contributed by atoms with E-state index in [1.54, 1.807) is 0 Å². The van der Waals surface area contributed by atoms with Gasteiger partial charge in [-0.1, -0.05) is 320 Å². The minimum absolute atomic E-state index is 0.0724. The highest BCUT2D eigenvalue weighted by atomic mass is 16.6. The number of hydrogen-bond donors (Lipinski definition) is 0. The normalized spacial score (nSPS) is 12.2. The molecule has 0 aliphatic rings. The summed E-state index contributed by atoms with van der Waals surface area (Å²) in [5, 5.41) is 0. The second kappa shape index (κ2) is 65.2. The number of carbonyl (C=O) groups is 3. The van der Waals surface area contributed by atoms with E-state index in [0.717, 1.165) is 77.0 Å². The van der Waals surface area contributed by atoms with E-state index in [4.69, 9.17) is 14.2 Å². The zero-order chi connectivity index (χ0) is 55.0. The molecule has 1 unspecified atom stereocenters. The van der Waals surface area contributed by atoms with Gasteiger partial charge in [0.1, 0.15) is 13.2 Å². The molecule has 0 N–H and O–H groups in total. The minimum Gasteiger partial charge on any atom is -0.462 e. The average molecular weight is 1070 g/mol. The van der Waals surface area contributed by atoms with Gasteiger partial charge >= 0.3 is 17.9 Å². The van der Waals surface area contributed by atoms with Crippen LogP contribution in [-0.4, -0.2) is 37.2 Å². The van der Waals surface area contributed by atoms with Crippen LogP contribution in [-0.2, 0) is 28.6 Å². The lowest BCUT2D eigenvalue weighted by Crippen LogP contribution is -2.30. The zero-order valence-corrected chi connectivity index (χ0v) is 51.3. The predicted molar refractivity (Wildman–Crippen MR) is 330 cm³/mol. The molecule has 0 fully saturated rings. The van der Waals surface area contributed by atoms with Crippen molar-refractivity contribution < 1.29 is 28.6 Å². The molecule has 0 aliphatic heterocycles. The number of esters is 3. The maximum absolute atomic E-state index is 12.9. The number of unbranched alkanes of at least 4 members (excludes halogenated alkanes) is 46. The van der Waals surface area contributed by atoms with E-state index in [0.29, 0.717) is 19.3 Å². The summed E-state index contributed by atoms with van der Waals surface area (Å²) >= 11 is 0. The van der Waals surface area contributed by atoms with Crippen LogP contribution < -0.4 is 0 Å². The van der Waals surface area contributed by atoms with Crippen LogP contribution in [0.15, 0.2) is 36.5 Å². The van der Waals surface area contributed by atoms with Crippen LogP contribution in [0.2, 0.25) is 0 Å². The van der Waals surface area contributed by atoms with Gasteiger partial charge < -0.3 is 14.2 Å². The van der Waals surface area contributed by atoms with Crippen LogP contribution >= 0.6 is 0 Å². The number of carbonyl (C=O) groups excluding carboxylic acids is 3. The molecule has 0 heterocycles. The summed E-state index contributed by atoms with van der Waals surface area (Å²) in [6.07, 6.45) is 80.4. The molecule has 1 atom stereocenters. The predicted octanol–water partition coefficient (Wildman–Crippen LogP) is 23.2. The molecular formula is C70H130O6. The quantitative estimate of drug-likeness (QED) is 0.0261. The summed E-state index contributed by atoms with van der Waals surface area (Å²) in [6, 6.07) is 0. The summed E-state index contributed by atoms with van der Waals surface area (Å²) in [7, 11) is 0. The van der Waals surface area contributed by atoms with Crippen molar-refractivity contribution in [3.63, 3.8) is 0 Å². The monoisotopic (exact) mass is 1070 g/mol. The van der Waals surface area contributed by atoms with Gasteiger partial charge in [-0.2, -0.15) is 0 Å². The molecule has 0 aromatic carbocycles. The Labute approximate surface area is 474 Å². The highest BCUT2D eigenvalue weighted by Crippen LogP contribution is 2.18. The molecule has 76 heavy (non-hydrogen) atoms. The summed E-state index contributed by atoms with van der Waals surface area (Å²) in [6.45, 7) is 6.62. The standard InChI is InChI=1S/C70H130O6/c1-4-7-10-13-16-19-22-24-26-28-30-32-33-34-35-36-37-39-40-42-44-46-48-51-54-57-60-63-69(72)75-66-67(65-74-68(71)62-59-56-53-50-21-18-15-12-9-6-3)76-70(73)64-61-58-55-52-49-47-45-43-41-38-31-29-27-25-23-20-17-14-11-8-5-2/h12,15,23,25,29,31,67H,4-11,13-14,16-22,24,26-28,30,32-66H2,1-3H3/b15-12-,25-23-,31-29-. The summed E-state index contributed by atoms with van der Waals surface area (Å²) in [4.78, 5) is 38.3. The lowest BCUT2D eigenvalue weighted by atomic mass is 10.0. The fourth-order valence-corrected chi connectivity index (χ4v) is 10.2. The molecule has 0 aromatic heterocycles. The van der Waals surface area contributed by atoms with Gasteiger partial charge in [-0.05, 0) is 70.6 Å². The van der Waals surface area contributed by atoms with Gasteiger partial charge in [0, 0.05) is 19.3 Å². The number of allylic oxidation sites excluding steroid dienone is 6. The Morgan fingerprint density at radius 2 is 0.500 bits per heavy atom. The van der Waals surface area contributed by atoms with E-state index in [2.05, 4.69) is 57.2 Å². The third kappa shape index (κ3) is 62.5. The van der Waals surface area contributed by atoms with Gasteiger partial charge in [0.15, 0.2) is 6.10 Å². The Morgan fingerprint density at radius 1 is 0.263 bits per heavy atom. The number of ether oxygens (including phenoxy) is 3. The van der Waals surface area contributed by atoms with Crippen molar-refractivity contribution in [3.8, 4) is 0 Å². The molecule has 0 rings (SSSR count). The van der Waals surface area contributed by atoms with Gasteiger partial charge in [-0.3, -0.25) is 14.4 Å². The molecule has 0 spiro atoms. The number of rotatable bonds is 63. The molecule has 0 bridgehead atoms. The highest BCUT2D eigenvalue weighted by Gasteiger charge is 2.19. The van der Waals surface area contributed by atoms with E-state index < -0.39 is 6.10 Å².